The highest BCUT2D eigenvalue weighted by atomic mass is 16.6. The van der Waals surface area contributed by atoms with Crippen LogP contribution in [-0.2, 0) is 19.1 Å². The summed E-state index contributed by atoms with van der Waals surface area (Å²) in [5.41, 5.74) is -1.22. The molecule has 0 aliphatic rings. The Hall–Kier alpha value is -1.58. The standard InChI is InChI=1S/C19H32O4/c1-7-11-18(5,12-8-2)22-16(20)15-17(21)23-19(6,13-9-3)14-10-4/h7,9H,1,3,8,10-15H2,2,4-6H3. The van der Waals surface area contributed by atoms with Gasteiger partial charge in [0.05, 0.1) is 0 Å². The Morgan fingerprint density at radius 1 is 0.870 bits per heavy atom. The minimum absolute atomic E-state index is 0.368. The summed E-state index contributed by atoms with van der Waals surface area (Å²) in [6.45, 7) is 15.2. The van der Waals surface area contributed by atoms with Gasteiger partial charge in [-0.1, -0.05) is 38.8 Å². The van der Waals surface area contributed by atoms with Crippen LogP contribution in [0.1, 0.15) is 72.6 Å². The number of ether oxygens (including phenoxy) is 2. The van der Waals surface area contributed by atoms with Gasteiger partial charge in [-0.3, -0.25) is 9.59 Å². The topological polar surface area (TPSA) is 52.6 Å². The Bertz CT molecular complexity index is 378. The molecule has 0 heterocycles. The summed E-state index contributed by atoms with van der Waals surface area (Å²) in [5.74, 6) is -1.10. The zero-order valence-corrected chi connectivity index (χ0v) is 15.2. The van der Waals surface area contributed by atoms with Crippen LogP contribution >= 0.6 is 0 Å². The average molecular weight is 324 g/mol. The van der Waals surface area contributed by atoms with Crippen molar-refractivity contribution in [3.8, 4) is 0 Å². The molecule has 23 heavy (non-hydrogen) atoms. The van der Waals surface area contributed by atoms with Crippen LogP contribution in [0.25, 0.3) is 0 Å². The molecule has 0 aromatic heterocycles. The summed E-state index contributed by atoms with van der Waals surface area (Å²) >= 11 is 0. The van der Waals surface area contributed by atoms with E-state index in [0.717, 1.165) is 25.7 Å². The molecule has 0 rings (SSSR count). The Balaban J connectivity index is 4.66. The van der Waals surface area contributed by atoms with E-state index < -0.39 is 23.1 Å². The normalized spacial score (nSPS) is 15.8. The highest BCUT2D eigenvalue weighted by molar-refractivity contribution is 5.91. The highest BCUT2D eigenvalue weighted by Gasteiger charge is 2.30. The smallest absolute Gasteiger partial charge is 0.317 e. The van der Waals surface area contributed by atoms with Crippen LogP contribution in [0.4, 0.5) is 0 Å². The van der Waals surface area contributed by atoms with Crippen LogP contribution < -0.4 is 0 Å². The van der Waals surface area contributed by atoms with Crippen LogP contribution in [0.2, 0.25) is 0 Å². The Morgan fingerprint density at radius 2 is 1.22 bits per heavy atom. The largest absolute Gasteiger partial charge is 0.459 e. The lowest BCUT2D eigenvalue weighted by Gasteiger charge is -2.30. The van der Waals surface area contributed by atoms with E-state index in [1.807, 2.05) is 27.7 Å². The van der Waals surface area contributed by atoms with E-state index in [4.69, 9.17) is 9.47 Å². The van der Waals surface area contributed by atoms with Gasteiger partial charge >= 0.3 is 11.9 Å². The van der Waals surface area contributed by atoms with Crippen LogP contribution in [0.15, 0.2) is 25.3 Å². The van der Waals surface area contributed by atoms with Gasteiger partial charge in [-0.05, 0) is 26.7 Å². The fourth-order valence-electron chi connectivity index (χ4n) is 2.80. The zero-order valence-electron chi connectivity index (χ0n) is 15.2. The summed E-state index contributed by atoms with van der Waals surface area (Å²) in [6, 6.07) is 0. The van der Waals surface area contributed by atoms with Gasteiger partial charge in [0.15, 0.2) is 0 Å². The van der Waals surface area contributed by atoms with E-state index in [0.29, 0.717) is 12.8 Å². The highest BCUT2D eigenvalue weighted by Crippen LogP contribution is 2.25. The lowest BCUT2D eigenvalue weighted by atomic mass is 9.96. The second-order valence-corrected chi connectivity index (χ2v) is 6.51. The van der Waals surface area contributed by atoms with Gasteiger partial charge in [0.25, 0.3) is 0 Å². The molecule has 0 saturated carbocycles. The number of carbonyl (C=O) groups is 2. The maximum atomic E-state index is 12.0. The third-order valence-corrected chi connectivity index (χ3v) is 3.72. The molecule has 0 fully saturated rings. The predicted molar refractivity (Wildman–Crippen MR) is 93.1 cm³/mol. The first-order valence-electron chi connectivity index (χ1n) is 8.39. The van der Waals surface area contributed by atoms with Crippen LogP contribution in [0.5, 0.6) is 0 Å². The summed E-state index contributed by atoms with van der Waals surface area (Å²) in [7, 11) is 0. The molecule has 132 valence electrons. The Morgan fingerprint density at radius 3 is 1.48 bits per heavy atom. The summed E-state index contributed by atoms with van der Waals surface area (Å²) in [4.78, 5) is 24.1. The van der Waals surface area contributed by atoms with E-state index in [9.17, 15) is 9.59 Å². The van der Waals surface area contributed by atoms with Crippen LogP contribution in [0.3, 0.4) is 0 Å². The van der Waals surface area contributed by atoms with Gasteiger partial charge in [0, 0.05) is 12.8 Å². The number of carbonyl (C=O) groups excluding carboxylic acids is 2. The SMILES string of the molecule is C=CCC(C)(CCC)OC(=O)CC(=O)OC(C)(CC=C)CCC. The number of rotatable bonds is 12. The van der Waals surface area contributed by atoms with E-state index in [1.165, 1.54) is 0 Å². The second kappa shape index (κ2) is 10.2. The molecule has 0 aliphatic heterocycles. The molecule has 0 aromatic rings. The van der Waals surface area contributed by atoms with Gasteiger partial charge in [-0.2, -0.15) is 0 Å². The number of hydrogen-bond donors (Lipinski definition) is 0. The molecule has 2 unspecified atom stereocenters. The van der Waals surface area contributed by atoms with Crippen molar-refractivity contribution in [3.05, 3.63) is 25.3 Å². The zero-order chi connectivity index (χ0) is 17.9. The quantitative estimate of drug-likeness (QED) is 0.296. The molecule has 0 aromatic carbocycles. The van der Waals surface area contributed by atoms with Crippen molar-refractivity contribution in [1.29, 1.82) is 0 Å². The van der Waals surface area contributed by atoms with Crippen molar-refractivity contribution >= 4 is 11.9 Å². The molecule has 0 N–H and O–H groups in total. The van der Waals surface area contributed by atoms with E-state index >= 15 is 0 Å². The molecule has 0 radical (unpaired) electrons. The third-order valence-electron chi connectivity index (χ3n) is 3.72. The van der Waals surface area contributed by atoms with Gasteiger partial charge in [0.2, 0.25) is 0 Å². The van der Waals surface area contributed by atoms with Crippen molar-refractivity contribution in [2.75, 3.05) is 0 Å². The minimum atomic E-state index is -0.609. The molecule has 4 heteroatoms. The van der Waals surface area contributed by atoms with E-state index in [1.54, 1.807) is 12.2 Å². The predicted octanol–water partition coefficient (Wildman–Crippen LogP) is 4.73. The first kappa shape index (κ1) is 21.4. The van der Waals surface area contributed by atoms with Gasteiger partial charge < -0.3 is 9.47 Å². The number of hydrogen-bond acceptors (Lipinski definition) is 4. The fourth-order valence-corrected chi connectivity index (χ4v) is 2.80. The van der Waals surface area contributed by atoms with E-state index in [2.05, 4.69) is 13.2 Å². The fraction of sp³-hybridized carbons (Fsp3) is 0.684. The summed E-state index contributed by atoms with van der Waals surface area (Å²) in [6.07, 6.45) is 7.43. The second-order valence-electron chi connectivity index (χ2n) is 6.51. The summed E-state index contributed by atoms with van der Waals surface area (Å²) in [5, 5.41) is 0. The molecule has 4 nitrogen and oxygen atoms in total. The van der Waals surface area contributed by atoms with Crippen molar-refractivity contribution in [2.45, 2.75) is 83.8 Å². The molecule has 2 atom stereocenters. The monoisotopic (exact) mass is 324 g/mol. The average Bonchev–Trinajstić information content (AvgIpc) is 2.38. The van der Waals surface area contributed by atoms with Crippen LogP contribution in [-0.4, -0.2) is 23.1 Å². The van der Waals surface area contributed by atoms with Crippen LogP contribution in [0, 0.1) is 0 Å². The first-order chi connectivity index (χ1) is 10.7. The first-order valence-corrected chi connectivity index (χ1v) is 8.39. The molecule has 0 bridgehead atoms. The van der Waals surface area contributed by atoms with Gasteiger partial charge in [-0.25, -0.2) is 0 Å². The molecule has 0 spiro atoms. The lowest BCUT2D eigenvalue weighted by molar-refractivity contribution is -0.170. The number of esters is 2. The van der Waals surface area contributed by atoms with Crippen molar-refractivity contribution < 1.29 is 19.1 Å². The Kier molecular flexibility index (Phi) is 9.54. The molecule has 0 saturated heterocycles. The van der Waals surface area contributed by atoms with Gasteiger partial charge in [-0.15, -0.1) is 13.2 Å². The third kappa shape index (κ3) is 8.58. The maximum Gasteiger partial charge on any atom is 0.317 e. The molecule has 0 amide bonds. The van der Waals surface area contributed by atoms with Gasteiger partial charge in [0.1, 0.15) is 17.6 Å². The van der Waals surface area contributed by atoms with Crippen molar-refractivity contribution in [2.24, 2.45) is 0 Å². The molecular weight excluding hydrogens is 292 g/mol. The molecular formula is C19H32O4. The van der Waals surface area contributed by atoms with Crippen molar-refractivity contribution in [1.82, 2.24) is 0 Å². The Labute approximate surface area is 140 Å². The summed E-state index contributed by atoms with van der Waals surface area (Å²) < 4.78 is 11.0. The lowest BCUT2D eigenvalue weighted by Crippen LogP contribution is -2.35. The maximum absolute atomic E-state index is 12.0. The minimum Gasteiger partial charge on any atom is -0.459 e. The molecule has 0 aliphatic carbocycles. The van der Waals surface area contributed by atoms with Crippen molar-refractivity contribution in [3.63, 3.8) is 0 Å². The van der Waals surface area contributed by atoms with E-state index in [-0.39, 0.29) is 6.42 Å².